The maximum atomic E-state index is 12.7. The van der Waals surface area contributed by atoms with Crippen molar-refractivity contribution in [1.82, 2.24) is 9.55 Å². The number of thioether (sulfide) groups is 1. The summed E-state index contributed by atoms with van der Waals surface area (Å²) in [6.07, 6.45) is 0. The number of halogens is 2. The molecule has 1 unspecified atom stereocenters. The van der Waals surface area contributed by atoms with E-state index >= 15 is 0 Å². The molecule has 3 aromatic rings. The van der Waals surface area contributed by atoms with Crippen LogP contribution in [-0.2, 0) is 16.1 Å². The van der Waals surface area contributed by atoms with E-state index in [1.807, 2.05) is 31.2 Å². The molecule has 0 saturated carbocycles. The predicted molar refractivity (Wildman–Crippen MR) is 112 cm³/mol. The number of amides is 1. The summed E-state index contributed by atoms with van der Waals surface area (Å²) in [5.41, 5.74) is 2.32. The van der Waals surface area contributed by atoms with Crippen LogP contribution in [0.25, 0.3) is 11.0 Å². The minimum Gasteiger partial charge on any atom is -0.383 e. The first-order chi connectivity index (χ1) is 13.0. The monoisotopic (exact) mass is 423 g/mol. The molecule has 0 saturated heterocycles. The molecule has 0 spiro atoms. The minimum absolute atomic E-state index is 0.194. The number of nitrogens with zero attached hydrogens (tertiary/aromatic N) is 2. The lowest BCUT2D eigenvalue weighted by Crippen LogP contribution is -2.23. The van der Waals surface area contributed by atoms with Crippen LogP contribution in [0.15, 0.2) is 47.6 Å². The molecule has 0 radical (unpaired) electrons. The van der Waals surface area contributed by atoms with E-state index in [1.54, 1.807) is 25.3 Å². The Morgan fingerprint density at radius 2 is 1.93 bits per heavy atom. The number of carbonyl (C=O) groups excluding carboxylic acids is 1. The highest BCUT2D eigenvalue weighted by molar-refractivity contribution is 8.00. The van der Waals surface area contributed by atoms with Crippen LogP contribution in [-0.4, -0.2) is 34.4 Å². The lowest BCUT2D eigenvalue weighted by molar-refractivity contribution is -0.115. The molecular formula is C19H19Cl2N3O2S. The lowest BCUT2D eigenvalue weighted by Gasteiger charge is -2.14. The van der Waals surface area contributed by atoms with Crippen LogP contribution >= 0.6 is 35.0 Å². The standard InChI is InChI=1S/C19H19Cl2N3O2S/c1-12(18(25)23-17-13(20)6-5-7-14(17)21)27-19-22-15-8-3-4-9-16(15)24(19)10-11-26-2/h3-9,12H,10-11H2,1-2H3,(H,23,25). The molecule has 3 rings (SSSR count). The quantitative estimate of drug-likeness (QED) is 0.536. The van der Waals surface area contributed by atoms with Crippen molar-refractivity contribution in [3.05, 3.63) is 52.5 Å². The van der Waals surface area contributed by atoms with Gasteiger partial charge in [-0.05, 0) is 31.2 Å². The van der Waals surface area contributed by atoms with Crippen LogP contribution in [0.4, 0.5) is 5.69 Å². The maximum Gasteiger partial charge on any atom is 0.237 e. The van der Waals surface area contributed by atoms with E-state index in [-0.39, 0.29) is 5.91 Å². The van der Waals surface area contributed by atoms with Gasteiger partial charge in [-0.1, -0.05) is 53.2 Å². The number of ether oxygens (including phenoxy) is 1. The summed E-state index contributed by atoms with van der Waals surface area (Å²) < 4.78 is 7.28. The topological polar surface area (TPSA) is 56.1 Å². The first-order valence-corrected chi connectivity index (χ1v) is 10.0. The Balaban J connectivity index is 1.80. The lowest BCUT2D eigenvalue weighted by atomic mass is 10.3. The van der Waals surface area contributed by atoms with Gasteiger partial charge in [0.25, 0.3) is 0 Å². The Morgan fingerprint density at radius 1 is 1.22 bits per heavy atom. The van der Waals surface area contributed by atoms with Gasteiger partial charge in [0, 0.05) is 13.7 Å². The summed E-state index contributed by atoms with van der Waals surface area (Å²) in [4.78, 5) is 17.3. The number of nitrogens with one attached hydrogen (secondary N) is 1. The Bertz CT molecular complexity index is 941. The molecule has 2 aromatic carbocycles. The second-order valence-electron chi connectivity index (χ2n) is 5.87. The zero-order valence-electron chi connectivity index (χ0n) is 14.9. The molecule has 1 aromatic heterocycles. The number of imidazole rings is 1. The first kappa shape index (κ1) is 20.0. The fraction of sp³-hybridized carbons (Fsp3) is 0.263. The van der Waals surface area contributed by atoms with Crippen LogP contribution in [0.3, 0.4) is 0 Å². The third kappa shape index (κ3) is 4.58. The molecular weight excluding hydrogens is 405 g/mol. The molecule has 5 nitrogen and oxygen atoms in total. The van der Waals surface area contributed by atoms with Gasteiger partial charge in [-0.15, -0.1) is 0 Å². The first-order valence-electron chi connectivity index (χ1n) is 8.37. The van der Waals surface area contributed by atoms with Gasteiger partial charge in [0.05, 0.1) is 38.6 Å². The summed E-state index contributed by atoms with van der Waals surface area (Å²) in [6.45, 7) is 3.04. The van der Waals surface area contributed by atoms with Gasteiger partial charge < -0.3 is 14.6 Å². The summed E-state index contributed by atoms with van der Waals surface area (Å²) >= 11 is 13.7. The van der Waals surface area contributed by atoms with Crippen LogP contribution in [0.2, 0.25) is 10.0 Å². The van der Waals surface area contributed by atoms with Crippen molar-refractivity contribution in [3.8, 4) is 0 Å². The van der Waals surface area contributed by atoms with E-state index < -0.39 is 5.25 Å². The second-order valence-corrected chi connectivity index (χ2v) is 8.00. The smallest absolute Gasteiger partial charge is 0.237 e. The predicted octanol–water partition coefficient (Wildman–Crippen LogP) is 5.11. The van der Waals surface area contributed by atoms with E-state index in [2.05, 4.69) is 14.9 Å². The normalized spacial score (nSPS) is 12.3. The fourth-order valence-corrected chi connectivity index (χ4v) is 4.04. The highest BCUT2D eigenvalue weighted by Crippen LogP contribution is 2.32. The number of benzene rings is 2. The molecule has 8 heteroatoms. The van der Waals surface area contributed by atoms with E-state index in [4.69, 9.17) is 27.9 Å². The number of anilines is 1. The third-order valence-electron chi connectivity index (χ3n) is 4.00. The van der Waals surface area contributed by atoms with Gasteiger partial charge in [0.15, 0.2) is 5.16 Å². The Hall–Kier alpha value is -1.73. The Labute approximate surface area is 172 Å². The maximum absolute atomic E-state index is 12.7. The molecule has 0 bridgehead atoms. The molecule has 1 amide bonds. The van der Waals surface area contributed by atoms with Crippen LogP contribution in [0.5, 0.6) is 0 Å². The van der Waals surface area contributed by atoms with Gasteiger partial charge in [-0.2, -0.15) is 0 Å². The van der Waals surface area contributed by atoms with Gasteiger partial charge in [-0.25, -0.2) is 4.98 Å². The zero-order valence-corrected chi connectivity index (χ0v) is 17.2. The minimum atomic E-state index is -0.393. The Kier molecular flexibility index (Phi) is 6.65. The average molecular weight is 424 g/mol. The molecule has 0 aliphatic rings. The zero-order chi connectivity index (χ0) is 19.4. The summed E-state index contributed by atoms with van der Waals surface area (Å²) in [7, 11) is 1.66. The molecule has 1 heterocycles. The van der Waals surface area contributed by atoms with E-state index in [0.717, 1.165) is 16.2 Å². The third-order valence-corrected chi connectivity index (χ3v) is 5.72. The van der Waals surface area contributed by atoms with Gasteiger partial charge in [0.2, 0.25) is 5.91 Å². The number of aromatic nitrogens is 2. The van der Waals surface area contributed by atoms with Crippen molar-refractivity contribution in [2.75, 3.05) is 19.0 Å². The molecule has 0 fully saturated rings. The summed E-state index contributed by atoms with van der Waals surface area (Å²) in [6, 6.07) is 13.0. The highest BCUT2D eigenvalue weighted by Gasteiger charge is 2.21. The van der Waals surface area contributed by atoms with E-state index in [0.29, 0.717) is 28.9 Å². The largest absolute Gasteiger partial charge is 0.383 e. The van der Waals surface area contributed by atoms with Crippen LogP contribution < -0.4 is 5.32 Å². The van der Waals surface area contributed by atoms with Crippen molar-refractivity contribution in [3.63, 3.8) is 0 Å². The number of carbonyl (C=O) groups is 1. The Morgan fingerprint density at radius 3 is 2.63 bits per heavy atom. The van der Waals surface area contributed by atoms with Crippen molar-refractivity contribution >= 4 is 57.6 Å². The van der Waals surface area contributed by atoms with Crippen LogP contribution in [0.1, 0.15) is 6.92 Å². The van der Waals surface area contributed by atoms with Gasteiger partial charge in [-0.3, -0.25) is 4.79 Å². The number of hydrogen-bond donors (Lipinski definition) is 1. The van der Waals surface area contributed by atoms with E-state index in [1.165, 1.54) is 11.8 Å². The highest BCUT2D eigenvalue weighted by atomic mass is 35.5. The molecule has 1 N–H and O–H groups in total. The molecule has 1 atom stereocenters. The number of fused-ring (bicyclic) bond motifs is 1. The van der Waals surface area contributed by atoms with Gasteiger partial charge >= 0.3 is 0 Å². The summed E-state index contributed by atoms with van der Waals surface area (Å²) in [5, 5.41) is 3.99. The molecule has 0 aliphatic carbocycles. The number of para-hydroxylation sites is 3. The van der Waals surface area contributed by atoms with Crippen molar-refractivity contribution in [2.24, 2.45) is 0 Å². The number of rotatable bonds is 7. The van der Waals surface area contributed by atoms with Crippen LogP contribution in [0, 0.1) is 0 Å². The molecule has 0 aliphatic heterocycles. The fourth-order valence-electron chi connectivity index (χ4n) is 2.60. The van der Waals surface area contributed by atoms with Crippen molar-refractivity contribution < 1.29 is 9.53 Å². The molecule has 27 heavy (non-hydrogen) atoms. The molecule has 142 valence electrons. The van der Waals surface area contributed by atoms with E-state index in [9.17, 15) is 4.79 Å². The SMILES string of the molecule is COCCn1c(SC(C)C(=O)Nc2c(Cl)cccc2Cl)nc2ccccc21. The van der Waals surface area contributed by atoms with Gasteiger partial charge in [0.1, 0.15) is 0 Å². The summed E-state index contributed by atoms with van der Waals surface area (Å²) in [5.74, 6) is -0.194. The van der Waals surface area contributed by atoms with Crippen molar-refractivity contribution in [1.29, 1.82) is 0 Å². The second kappa shape index (κ2) is 8.97. The average Bonchev–Trinajstić information content (AvgIpc) is 3.00. The number of methoxy groups -OCH3 is 1. The number of hydrogen-bond acceptors (Lipinski definition) is 4. The van der Waals surface area contributed by atoms with Crippen molar-refractivity contribution in [2.45, 2.75) is 23.9 Å².